The summed E-state index contributed by atoms with van der Waals surface area (Å²) in [4.78, 5) is 16.2. The average Bonchev–Trinajstić information content (AvgIpc) is 2.99. The van der Waals surface area contributed by atoms with Crippen LogP contribution in [-0.4, -0.2) is 30.1 Å². The van der Waals surface area contributed by atoms with Crippen molar-refractivity contribution in [2.75, 3.05) is 18.5 Å². The minimum Gasteiger partial charge on any atom is -0.462 e. The molecule has 1 atom stereocenters. The zero-order chi connectivity index (χ0) is 14.4. The molecular formula is C15H23N3O2. The first-order chi connectivity index (χ1) is 9.76. The molecule has 1 heterocycles. The summed E-state index contributed by atoms with van der Waals surface area (Å²) >= 11 is 0. The molecule has 2 rings (SSSR count). The third-order valence-corrected chi connectivity index (χ3v) is 3.85. The maximum Gasteiger partial charge on any atom is 0.341 e. The number of rotatable bonds is 6. The lowest BCUT2D eigenvalue weighted by Gasteiger charge is -2.24. The van der Waals surface area contributed by atoms with Crippen LogP contribution < -0.4 is 11.1 Å². The molecule has 5 heteroatoms. The van der Waals surface area contributed by atoms with Gasteiger partial charge < -0.3 is 15.8 Å². The number of aromatic nitrogens is 1. The fourth-order valence-electron chi connectivity index (χ4n) is 2.80. The van der Waals surface area contributed by atoms with E-state index in [2.05, 4.69) is 10.3 Å². The highest BCUT2D eigenvalue weighted by molar-refractivity contribution is 5.94. The number of carbonyl (C=O) groups is 1. The molecule has 20 heavy (non-hydrogen) atoms. The minimum atomic E-state index is -0.342. The van der Waals surface area contributed by atoms with E-state index in [1.54, 1.807) is 25.3 Å². The molecule has 110 valence electrons. The van der Waals surface area contributed by atoms with Crippen molar-refractivity contribution in [3.8, 4) is 0 Å². The van der Waals surface area contributed by atoms with Gasteiger partial charge in [0.1, 0.15) is 11.4 Å². The van der Waals surface area contributed by atoms with Crippen LogP contribution >= 0.6 is 0 Å². The summed E-state index contributed by atoms with van der Waals surface area (Å²) in [7, 11) is 0. The maximum absolute atomic E-state index is 11.9. The van der Waals surface area contributed by atoms with Crippen molar-refractivity contribution in [3.05, 3.63) is 23.9 Å². The molecule has 1 saturated carbocycles. The topological polar surface area (TPSA) is 77.2 Å². The van der Waals surface area contributed by atoms with Crippen molar-refractivity contribution in [1.29, 1.82) is 0 Å². The molecule has 0 spiro atoms. The van der Waals surface area contributed by atoms with Gasteiger partial charge in [0, 0.05) is 18.8 Å². The number of esters is 1. The summed E-state index contributed by atoms with van der Waals surface area (Å²) in [5.74, 6) is 0.802. The molecule has 0 aliphatic heterocycles. The Kier molecular flexibility index (Phi) is 5.35. The predicted molar refractivity (Wildman–Crippen MR) is 78.6 cm³/mol. The Balaban J connectivity index is 2.12. The normalized spacial score (nSPS) is 16.9. The second-order valence-corrected chi connectivity index (χ2v) is 5.15. The monoisotopic (exact) mass is 277 g/mol. The molecule has 1 aliphatic rings. The van der Waals surface area contributed by atoms with E-state index in [0.717, 1.165) is 0 Å². The number of nitrogens with two attached hydrogens (primary N) is 1. The number of carbonyl (C=O) groups excluding carboxylic acids is 1. The van der Waals surface area contributed by atoms with E-state index in [0.29, 0.717) is 30.5 Å². The first kappa shape index (κ1) is 14.8. The Morgan fingerprint density at radius 3 is 2.95 bits per heavy atom. The summed E-state index contributed by atoms with van der Waals surface area (Å²) in [6.07, 6.45) is 6.58. The van der Waals surface area contributed by atoms with E-state index in [1.165, 1.54) is 25.7 Å². The second-order valence-electron chi connectivity index (χ2n) is 5.15. The highest BCUT2D eigenvalue weighted by Gasteiger charge is 2.25. The van der Waals surface area contributed by atoms with Crippen LogP contribution in [0.3, 0.4) is 0 Å². The van der Waals surface area contributed by atoms with E-state index in [-0.39, 0.29) is 12.0 Å². The molecule has 0 amide bonds. The van der Waals surface area contributed by atoms with Gasteiger partial charge in [0.2, 0.25) is 0 Å². The summed E-state index contributed by atoms with van der Waals surface area (Å²) in [5.41, 5.74) is 6.36. The maximum atomic E-state index is 11.9. The number of ether oxygens (including phenoxy) is 1. The standard InChI is InChI=1S/C15H23N3O2/c1-2-20-15(19)12-8-5-9-17-14(12)18-13(10-16)11-6-3-4-7-11/h5,8-9,11,13H,2-4,6-7,10,16H2,1H3,(H,17,18). The fraction of sp³-hybridized carbons (Fsp3) is 0.600. The number of hydrogen-bond acceptors (Lipinski definition) is 5. The Morgan fingerprint density at radius 2 is 2.30 bits per heavy atom. The van der Waals surface area contributed by atoms with Crippen molar-refractivity contribution < 1.29 is 9.53 Å². The summed E-state index contributed by atoms with van der Waals surface area (Å²) in [6.45, 7) is 2.70. The fourth-order valence-corrected chi connectivity index (χ4v) is 2.80. The molecule has 1 aliphatic carbocycles. The molecule has 0 saturated heterocycles. The van der Waals surface area contributed by atoms with Crippen molar-refractivity contribution in [2.24, 2.45) is 11.7 Å². The van der Waals surface area contributed by atoms with Crippen LogP contribution in [0.2, 0.25) is 0 Å². The third-order valence-electron chi connectivity index (χ3n) is 3.85. The largest absolute Gasteiger partial charge is 0.462 e. The third kappa shape index (κ3) is 3.48. The van der Waals surface area contributed by atoms with E-state index in [9.17, 15) is 4.79 Å². The van der Waals surface area contributed by atoms with Gasteiger partial charge in [0.05, 0.1) is 6.61 Å². The molecule has 1 fully saturated rings. The smallest absolute Gasteiger partial charge is 0.341 e. The van der Waals surface area contributed by atoms with E-state index in [4.69, 9.17) is 10.5 Å². The lowest BCUT2D eigenvalue weighted by molar-refractivity contribution is 0.0527. The van der Waals surface area contributed by atoms with Gasteiger partial charge in [0.15, 0.2) is 0 Å². The van der Waals surface area contributed by atoms with Gasteiger partial charge in [-0.15, -0.1) is 0 Å². The van der Waals surface area contributed by atoms with Crippen LogP contribution in [0.5, 0.6) is 0 Å². The number of hydrogen-bond donors (Lipinski definition) is 2. The molecular weight excluding hydrogens is 254 g/mol. The number of nitrogens with one attached hydrogen (secondary N) is 1. The minimum absolute atomic E-state index is 0.167. The Morgan fingerprint density at radius 1 is 1.55 bits per heavy atom. The number of nitrogens with zero attached hydrogens (tertiary/aromatic N) is 1. The lowest BCUT2D eigenvalue weighted by atomic mass is 9.98. The number of pyridine rings is 1. The SMILES string of the molecule is CCOC(=O)c1cccnc1NC(CN)C1CCCC1. The predicted octanol–water partition coefficient (Wildman–Crippen LogP) is 2.19. The van der Waals surface area contributed by atoms with E-state index >= 15 is 0 Å². The summed E-state index contributed by atoms with van der Waals surface area (Å²) in [5, 5.41) is 3.34. The first-order valence-corrected chi connectivity index (χ1v) is 7.35. The quantitative estimate of drug-likeness (QED) is 0.779. The Hall–Kier alpha value is -1.62. The molecule has 0 aromatic carbocycles. The van der Waals surface area contributed by atoms with Crippen molar-refractivity contribution in [3.63, 3.8) is 0 Å². The van der Waals surface area contributed by atoms with Crippen LogP contribution in [0, 0.1) is 5.92 Å². The molecule has 5 nitrogen and oxygen atoms in total. The summed E-state index contributed by atoms with van der Waals surface area (Å²) in [6, 6.07) is 3.64. The Bertz CT molecular complexity index is 444. The molecule has 0 bridgehead atoms. The average molecular weight is 277 g/mol. The Labute approximate surface area is 119 Å². The van der Waals surface area contributed by atoms with Gasteiger partial charge >= 0.3 is 5.97 Å². The van der Waals surface area contributed by atoms with Gasteiger partial charge in [-0.2, -0.15) is 0 Å². The van der Waals surface area contributed by atoms with Gasteiger partial charge in [-0.25, -0.2) is 9.78 Å². The zero-order valence-corrected chi connectivity index (χ0v) is 12.0. The first-order valence-electron chi connectivity index (χ1n) is 7.35. The van der Waals surface area contributed by atoms with Gasteiger partial charge in [-0.3, -0.25) is 0 Å². The molecule has 3 N–H and O–H groups in total. The molecule has 0 radical (unpaired) electrons. The second kappa shape index (κ2) is 7.24. The van der Waals surface area contributed by atoms with Crippen LogP contribution in [0.15, 0.2) is 18.3 Å². The van der Waals surface area contributed by atoms with Crippen LogP contribution in [0.1, 0.15) is 43.0 Å². The van der Waals surface area contributed by atoms with Gasteiger partial charge in [-0.05, 0) is 37.8 Å². The lowest BCUT2D eigenvalue weighted by Crippen LogP contribution is -2.36. The van der Waals surface area contributed by atoms with E-state index in [1.807, 2.05) is 0 Å². The van der Waals surface area contributed by atoms with Crippen molar-refractivity contribution in [1.82, 2.24) is 4.98 Å². The summed E-state index contributed by atoms with van der Waals surface area (Å²) < 4.78 is 5.06. The number of anilines is 1. The van der Waals surface area contributed by atoms with Crippen LogP contribution in [0.25, 0.3) is 0 Å². The highest BCUT2D eigenvalue weighted by Crippen LogP contribution is 2.29. The van der Waals surface area contributed by atoms with Gasteiger partial charge in [-0.1, -0.05) is 12.8 Å². The zero-order valence-electron chi connectivity index (χ0n) is 12.0. The van der Waals surface area contributed by atoms with Crippen molar-refractivity contribution >= 4 is 11.8 Å². The van der Waals surface area contributed by atoms with Crippen molar-refractivity contribution in [2.45, 2.75) is 38.6 Å². The molecule has 1 aromatic rings. The van der Waals surface area contributed by atoms with E-state index < -0.39 is 0 Å². The van der Waals surface area contributed by atoms with Crippen LogP contribution in [0.4, 0.5) is 5.82 Å². The highest BCUT2D eigenvalue weighted by atomic mass is 16.5. The molecule has 1 aromatic heterocycles. The van der Waals surface area contributed by atoms with Crippen LogP contribution in [-0.2, 0) is 4.74 Å². The van der Waals surface area contributed by atoms with Gasteiger partial charge in [0.25, 0.3) is 0 Å². The molecule has 1 unspecified atom stereocenters.